The second-order valence-corrected chi connectivity index (χ2v) is 7.10. The molecule has 114 valence electrons. The molecule has 2 heterocycles. The van der Waals surface area contributed by atoms with Crippen molar-refractivity contribution in [3.8, 4) is 0 Å². The standard InChI is InChI=1S/C12H12BrNO6S/c1-7-10(5-9(19-7)12(15)16)21(17,18)14(2)6-8-3-4-11(13)20-8/h3-5H,6H2,1-2H3,(H,15,16). The Kier molecular flexibility index (Phi) is 4.26. The Morgan fingerprint density at radius 3 is 2.52 bits per heavy atom. The lowest BCUT2D eigenvalue weighted by atomic mass is 10.4. The summed E-state index contributed by atoms with van der Waals surface area (Å²) in [6, 6.07) is 4.30. The summed E-state index contributed by atoms with van der Waals surface area (Å²) in [6.07, 6.45) is 0. The van der Waals surface area contributed by atoms with Crippen molar-refractivity contribution in [2.75, 3.05) is 7.05 Å². The largest absolute Gasteiger partial charge is 0.475 e. The van der Waals surface area contributed by atoms with E-state index in [1.807, 2.05) is 0 Å². The van der Waals surface area contributed by atoms with Crippen molar-refractivity contribution in [2.24, 2.45) is 0 Å². The number of nitrogens with zero attached hydrogens (tertiary/aromatic N) is 1. The molecule has 0 aliphatic heterocycles. The normalized spacial score (nSPS) is 12.0. The average molecular weight is 378 g/mol. The molecule has 0 saturated heterocycles. The van der Waals surface area contributed by atoms with Crippen molar-refractivity contribution in [1.82, 2.24) is 4.31 Å². The van der Waals surface area contributed by atoms with Crippen LogP contribution in [0.3, 0.4) is 0 Å². The highest BCUT2D eigenvalue weighted by Gasteiger charge is 2.28. The number of rotatable bonds is 5. The first-order valence-corrected chi connectivity index (χ1v) is 7.99. The van der Waals surface area contributed by atoms with Crippen LogP contribution in [0.4, 0.5) is 0 Å². The van der Waals surface area contributed by atoms with E-state index in [1.165, 1.54) is 14.0 Å². The molecule has 0 unspecified atom stereocenters. The van der Waals surface area contributed by atoms with Gasteiger partial charge in [-0.1, -0.05) is 0 Å². The Hall–Kier alpha value is -1.58. The van der Waals surface area contributed by atoms with Gasteiger partial charge in [0.05, 0.1) is 6.54 Å². The molecule has 7 nitrogen and oxygen atoms in total. The number of halogens is 1. The van der Waals surface area contributed by atoms with E-state index in [0.717, 1.165) is 10.4 Å². The van der Waals surface area contributed by atoms with Crippen molar-refractivity contribution in [2.45, 2.75) is 18.4 Å². The molecule has 0 bridgehead atoms. The van der Waals surface area contributed by atoms with Crippen LogP contribution in [-0.2, 0) is 16.6 Å². The van der Waals surface area contributed by atoms with Gasteiger partial charge in [-0.25, -0.2) is 13.2 Å². The minimum Gasteiger partial charge on any atom is -0.475 e. The predicted octanol–water partition coefficient (Wildman–Crippen LogP) is 2.46. The summed E-state index contributed by atoms with van der Waals surface area (Å²) in [6.45, 7) is 1.41. The fourth-order valence-corrected chi connectivity index (χ4v) is 3.37. The number of sulfonamides is 1. The van der Waals surface area contributed by atoms with Gasteiger partial charge in [0.1, 0.15) is 16.4 Å². The molecule has 0 atom stereocenters. The van der Waals surface area contributed by atoms with Crippen molar-refractivity contribution in [3.05, 3.63) is 40.1 Å². The molecule has 0 aromatic carbocycles. The van der Waals surface area contributed by atoms with Crippen LogP contribution in [0.2, 0.25) is 0 Å². The molecule has 21 heavy (non-hydrogen) atoms. The molecule has 1 N–H and O–H groups in total. The molecule has 0 aliphatic rings. The lowest BCUT2D eigenvalue weighted by Gasteiger charge is -2.14. The molecule has 2 rings (SSSR count). The van der Waals surface area contributed by atoms with Gasteiger partial charge in [0.15, 0.2) is 4.67 Å². The first-order valence-electron chi connectivity index (χ1n) is 5.76. The van der Waals surface area contributed by atoms with Gasteiger partial charge in [0.2, 0.25) is 15.8 Å². The molecular formula is C12H12BrNO6S. The van der Waals surface area contributed by atoms with E-state index in [-0.39, 0.29) is 17.2 Å². The zero-order valence-corrected chi connectivity index (χ0v) is 13.6. The van der Waals surface area contributed by atoms with Crippen LogP contribution in [0.15, 0.2) is 36.6 Å². The SMILES string of the molecule is Cc1oc(C(=O)O)cc1S(=O)(=O)N(C)Cc1ccc(Br)o1. The van der Waals surface area contributed by atoms with Crippen LogP contribution in [0.5, 0.6) is 0 Å². The molecule has 0 radical (unpaired) electrons. The van der Waals surface area contributed by atoms with Gasteiger partial charge in [0.25, 0.3) is 0 Å². The minimum absolute atomic E-state index is 0.0148. The minimum atomic E-state index is -3.87. The molecule has 2 aromatic heterocycles. The summed E-state index contributed by atoms with van der Waals surface area (Å²) < 4.78 is 36.6. The van der Waals surface area contributed by atoms with Crippen LogP contribution >= 0.6 is 15.9 Å². The van der Waals surface area contributed by atoms with E-state index in [9.17, 15) is 13.2 Å². The van der Waals surface area contributed by atoms with E-state index in [0.29, 0.717) is 10.4 Å². The summed E-state index contributed by atoms with van der Waals surface area (Å²) in [5, 5.41) is 8.84. The Balaban J connectivity index is 2.30. The number of carboxylic acid groups (broad SMARTS) is 1. The number of aromatic carboxylic acids is 1. The van der Waals surface area contributed by atoms with Gasteiger partial charge in [0, 0.05) is 13.1 Å². The van der Waals surface area contributed by atoms with E-state index in [1.54, 1.807) is 12.1 Å². The zero-order valence-electron chi connectivity index (χ0n) is 11.2. The number of hydrogen-bond donors (Lipinski definition) is 1. The van der Waals surface area contributed by atoms with Gasteiger partial charge in [-0.2, -0.15) is 4.31 Å². The van der Waals surface area contributed by atoms with Gasteiger partial charge in [-0.15, -0.1) is 0 Å². The Labute approximate surface area is 129 Å². The lowest BCUT2D eigenvalue weighted by Crippen LogP contribution is -2.26. The number of carbonyl (C=O) groups is 1. The topological polar surface area (TPSA) is 101 Å². The van der Waals surface area contributed by atoms with Crippen LogP contribution in [0.25, 0.3) is 0 Å². The third-order valence-electron chi connectivity index (χ3n) is 2.78. The van der Waals surface area contributed by atoms with Gasteiger partial charge in [-0.3, -0.25) is 0 Å². The van der Waals surface area contributed by atoms with Crippen molar-refractivity contribution < 1.29 is 27.2 Å². The van der Waals surface area contributed by atoms with Crippen molar-refractivity contribution in [1.29, 1.82) is 0 Å². The summed E-state index contributed by atoms with van der Waals surface area (Å²) in [5.41, 5.74) is 0. The fourth-order valence-electron chi connectivity index (χ4n) is 1.74. The highest BCUT2D eigenvalue weighted by molar-refractivity contribution is 9.10. The lowest BCUT2D eigenvalue weighted by molar-refractivity contribution is 0.0661. The molecule has 0 saturated carbocycles. The molecule has 9 heteroatoms. The second-order valence-electron chi connectivity index (χ2n) is 4.30. The molecule has 0 amide bonds. The predicted molar refractivity (Wildman–Crippen MR) is 75.5 cm³/mol. The van der Waals surface area contributed by atoms with E-state index in [2.05, 4.69) is 15.9 Å². The zero-order chi connectivity index (χ0) is 15.8. The molecule has 0 aliphatic carbocycles. The molecule has 0 fully saturated rings. The van der Waals surface area contributed by atoms with Crippen LogP contribution in [0, 0.1) is 6.92 Å². The van der Waals surface area contributed by atoms with E-state index < -0.39 is 21.8 Å². The highest BCUT2D eigenvalue weighted by Crippen LogP contribution is 2.25. The van der Waals surface area contributed by atoms with E-state index >= 15 is 0 Å². The smallest absolute Gasteiger partial charge is 0.371 e. The Morgan fingerprint density at radius 2 is 2.05 bits per heavy atom. The number of furan rings is 2. The van der Waals surface area contributed by atoms with Crippen LogP contribution in [0.1, 0.15) is 22.1 Å². The van der Waals surface area contributed by atoms with Gasteiger partial charge < -0.3 is 13.9 Å². The van der Waals surface area contributed by atoms with Crippen LogP contribution < -0.4 is 0 Å². The second kappa shape index (κ2) is 5.66. The summed E-state index contributed by atoms with van der Waals surface area (Å²) >= 11 is 3.13. The molecule has 0 spiro atoms. The van der Waals surface area contributed by atoms with Crippen molar-refractivity contribution >= 4 is 31.9 Å². The molecular weight excluding hydrogens is 366 g/mol. The van der Waals surface area contributed by atoms with Gasteiger partial charge >= 0.3 is 5.97 Å². The first kappa shape index (κ1) is 15.8. The molecule has 2 aromatic rings. The fraction of sp³-hybridized carbons (Fsp3) is 0.250. The third kappa shape index (κ3) is 3.20. The van der Waals surface area contributed by atoms with Gasteiger partial charge in [-0.05, 0) is 35.0 Å². The Morgan fingerprint density at radius 1 is 1.38 bits per heavy atom. The summed E-state index contributed by atoms with van der Waals surface area (Å²) in [4.78, 5) is 10.7. The Bertz CT molecular complexity index is 776. The van der Waals surface area contributed by atoms with Crippen molar-refractivity contribution in [3.63, 3.8) is 0 Å². The maximum absolute atomic E-state index is 12.4. The summed E-state index contributed by atoms with van der Waals surface area (Å²) in [7, 11) is -2.50. The number of carboxylic acids is 1. The monoisotopic (exact) mass is 377 g/mol. The number of hydrogen-bond acceptors (Lipinski definition) is 5. The summed E-state index contributed by atoms with van der Waals surface area (Å²) in [5.74, 6) is -1.26. The maximum atomic E-state index is 12.4. The highest BCUT2D eigenvalue weighted by atomic mass is 79.9. The van der Waals surface area contributed by atoms with E-state index in [4.69, 9.17) is 13.9 Å². The number of aryl methyl sites for hydroxylation is 1. The van der Waals surface area contributed by atoms with Crippen LogP contribution in [-0.4, -0.2) is 30.8 Å². The quantitative estimate of drug-likeness (QED) is 0.858. The maximum Gasteiger partial charge on any atom is 0.371 e. The average Bonchev–Trinajstić information content (AvgIpc) is 2.96. The third-order valence-corrected chi connectivity index (χ3v) is 5.12. The first-order chi connectivity index (χ1) is 9.71.